The smallest absolute Gasteiger partial charge is 0.305 e. The normalized spacial score (nSPS) is 11.8. The number of hydrogen-bond donors (Lipinski definition) is 0. The van der Waals surface area contributed by atoms with Gasteiger partial charge in [-0.3, -0.25) is 4.57 Å². The Morgan fingerprint density at radius 1 is 0.944 bits per heavy atom. The van der Waals surface area contributed by atoms with Gasteiger partial charge in [0.25, 0.3) is 0 Å². The number of benzene rings is 1. The van der Waals surface area contributed by atoms with Crippen LogP contribution in [0.2, 0.25) is 0 Å². The van der Waals surface area contributed by atoms with Crippen molar-refractivity contribution in [2.24, 2.45) is 0 Å². The van der Waals surface area contributed by atoms with Gasteiger partial charge in [-0.2, -0.15) is 0 Å². The van der Waals surface area contributed by atoms with E-state index in [0.717, 1.165) is 12.8 Å². The molecule has 1 aromatic carbocycles. The van der Waals surface area contributed by atoms with Crippen LogP contribution in [0.3, 0.4) is 0 Å². The minimum atomic E-state index is -3.14. The fraction of sp³-hybridized carbons (Fsp3) is 0.571. The first-order valence-corrected chi connectivity index (χ1v) is 8.16. The minimum Gasteiger partial charge on any atom is -0.305 e. The molecule has 0 bridgehead atoms. The predicted octanol–water partition coefficient (Wildman–Crippen LogP) is 3.70. The molecular formula is C14H23O3P. The maximum Gasteiger partial charge on any atom is 0.361 e. The van der Waals surface area contributed by atoms with Crippen LogP contribution in [-0.4, -0.2) is 13.2 Å². The van der Waals surface area contributed by atoms with E-state index < -0.39 is 7.60 Å². The fourth-order valence-electron chi connectivity index (χ4n) is 1.98. The van der Waals surface area contributed by atoms with E-state index in [9.17, 15) is 4.57 Å². The van der Waals surface area contributed by atoms with Crippen LogP contribution in [0.4, 0.5) is 0 Å². The van der Waals surface area contributed by atoms with Crippen LogP contribution in [0.5, 0.6) is 0 Å². The lowest BCUT2D eigenvalue weighted by atomic mass is 10.0. The summed E-state index contributed by atoms with van der Waals surface area (Å²) in [6.45, 7) is 8.64. The summed E-state index contributed by atoms with van der Waals surface area (Å²) in [6, 6.07) is 5.86. The third-order valence-electron chi connectivity index (χ3n) is 2.87. The van der Waals surface area contributed by atoms with Gasteiger partial charge < -0.3 is 9.05 Å². The van der Waals surface area contributed by atoms with E-state index in [1.807, 2.05) is 32.0 Å². The zero-order valence-corrected chi connectivity index (χ0v) is 12.6. The van der Waals surface area contributed by atoms with Crippen molar-refractivity contribution in [3.05, 3.63) is 29.3 Å². The Morgan fingerprint density at radius 2 is 1.50 bits per heavy atom. The van der Waals surface area contributed by atoms with Crippen LogP contribution in [-0.2, 0) is 26.5 Å². The van der Waals surface area contributed by atoms with E-state index in [1.54, 1.807) is 0 Å². The van der Waals surface area contributed by atoms with Crippen molar-refractivity contribution in [2.75, 3.05) is 13.2 Å². The molecule has 102 valence electrons. The highest BCUT2D eigenvalue weighted by Crippen LogP contribution is 2.47. The predicted molar refractivity (Wildman–Crippen MR) is 75.7 cm³/mol. The van der Waals surface area contributed by atoms with E-state index in [4.69, 9.17) is 9.05 Å². The molecule has 0 aromatic heterocycles. The van der Waals surface area contributed by atoms with Crippen molar-refractivity contribution in [3.8, 4) is 0 Å². The van der Waals surface area contributed by atoms with Gasteiger partial charge in [-0.05, 0) is 49.9 Å². The van der Waals surface area contributed by atoms with E-state index in [-0.39, 0.29) is 0 Å². The van der Waals surface area contributed by atoms with Crippen LogP contribution in [0.15, 0.2) is 18.2 Å². The third kappa shape index (κ3) is 3.44. The molecule has 0 amide bonds. The average molecular weight is 270 g/mol. The Hall–Kier alpha value is -0.630. The molecule has 3 nitrogen and oxygen atoms in total. The first-order chi connectivity index (χ1) is 8.61. The molecule has 4 heteroatoms. The van der Waals surface area contributed by atoms with Gasteiger partial charge in [-0.15, -0.1) is 0 Å². The van der Waals surface area contributed by atoms with Gasteiger partial charge in [0.1, 0.15) is 0 Å². The van der Waals surface area contributed by atoms with Gasteiger partial charge in [0.15, 0.2) is 0 Å². The highest BCUT2D eigenvalue weighted by molar-refractivity contribution is 7.62. The summed E-state index contributed by atoms with van der Waals surface area (Å²) in [6.07, 6.45) is 1.91. The molecule has 0 fully saturated rings. The van der Waals surface area contributed by atoms with Crippen molar-refractivity contribution in [3.63, 3.8) is 0 Å². The zero-order chi connectivity index (χ0) is 13.6. The molecule has 1 rings (SSSR count). The number of hydrogen-bond acceptors (Lipinski definition) is 3. The Balaban J connectivity index is 3.17. The number of aryl methyl sites for hydroxylation is 2. The quantitative estimate of drug-likeness (QED) is 0.709. The molecule has 0 atom stereocenters. The number of rotatable bonds is 7. The summed E-state index contributed by atoms with van der Waals surface area (Å²) in [4.78, 5) is 0. The lowest BCUT2D eigenvalue weighted by Crippen LogP contribution is -2.12. The molecule has 1 aromatic rings. The molecule has 0 unspecified atom stereocenters. The second-order valence-electron chi connectivity index (χ2n) is 3.99. The highest BCUT2D eigenvalue weighted by Gasteiger charge is 2.27. The van der Waals surface area contributed by atoms with Gasteiger partial charge in [0.05, 0.1) is 18.5 Å². The Morgan fingerprint density at radius 3 is 1.94 bits per heavy atom. The van der Waals surface area contributed by atoms with Crippen molar-refractivity contribution < 1.29 is 13.6 Å². The van der Waals surface area contributed by atoms with Crippen LogP contribution >= 0.6 is 7.60 Å². The minimum absolute atomic E-state index is 0.383. The molecule has 18 heavy (non-hydrogen) atoms. The molecular weight excluding hydrogens is 247 g/mol. The first kappa shape index (κ1) is 15.4. The van der Waals surface area contributed by atoms with Crippen molar-refractivity contribution >= 4 is 12.9 Å². The Kier molecular flexibility index (Phi) is 6.07. The standard InChI is InChI=1S/C14H23O3P/c1-5-12-9-10-14(11-13(12)6-2)18(15,16-7-3)17-8-4/h9-11H,5-8H2,1-4H3. The van der Waals surface area contributed by atoms with Gasteiger partial charge in [-0.25, -0.2) is 0 Å². The molecule has 0 spiro atoms. The maximum atomic E-state index is 12.6. The van der Waals surface area contributed by atoms with Crippen LogP contribution in [0.25, 0.3) is 0 Å². The maximum absolute atomic E-state index is 12.6. The fourth-order valence-corrected chi connectivity index (χ4v) is 3.61. The summed E-state index contributed by atoms with van der Waals surface area (Å²) in [5.74, 6) is 0. The van der Waals surface area contributed by atoms with Crippen molar-refractivity contribution in [1.29, 1.82) is 0 Å². The summed E-state index contributed by atoms with van der Waals surface area (Å²) in [7, 11) is -3.14. The highest BCUT2D eigenvalue weighted by atomic mass is 31.2. The molecule has 0 aliphatic carbocycles. The molecule has 0 saturated carbocycles. The monoisotopic (exact) mass is 270 g/mol. The van der Waals surface area contributed by atoms with E-state index in [1.165, 1.54) is 11.1 Å². The topological polar surface area (TPSA) is 35.5 Å². The zero-order valence-electron chi connectivity index (χ0n) is 11.7. The van der Waals surface area contributed by atoms with E-state index in [2.05, 4.69) is 13.8 Å². The van der Waals surface area contributed by atoms with Crippen LogP contribution < -0.4 is 5.30 Å². The SMILES string of the molecule is CCOP(=O)(OCC)c1ccc(CC)c(CC)c1. The van der Waals surface area contributed by atoms with Gasteiger partial charge in [0, 0.05) is 0 Å². The lowest BCUT2D eigenvalue weighted by molar-refractivity contribution is 0.230. The van der Waals surface area contributed by atoms with Crippen LogP contribution in [0.1, 0.15) is 38.8 Å². The Labute approximate surface area is 110 Å². The molecule has 0 N–H and O–H groups in total. The molecule has 0 aliphatic heterocycles. The first-order valence-electron chi connectivity index (χ1n) is 6.62. The second-order valence-corrected chi connectivity index (χ2v) is 6.02. The second kappa shape index (κ2) is 7.08. The Bertz CT molecular complexity index is 419. The van der Waals surface area contributed by atoms with E-state index in [0.29, 0.717) is 18.5 Å². The molecule has 0 heterocycles. The third-order valence-corrected chi connectivity index (χ3v) is 4.97. The summed E-state index contributed by atoms with van der Waals surface area (Å²) >= 11 is 0. The summed E-state index contributed by atoms with van der Waals surface area (Å²) in [5.41, 5.74) is 2.51. The lowest BCUT2D eigenvalue weighted by Gasteiger charge is -2.18. The van der Waals surface area contributed by atoms with Crippen LogP contribution in [0, 0.1) is 0 Å². The van der Waals surface area contributed by atoms with Gasteiger partial charge in [0.2, 0.25) is 0 Å². The van der Waals surface area contributed by atoms with Crippen molar-refractivity contribution in [2.45, 2.75) is 40.5 Å². The van der Waals surface area contributed by atoms with Crippen molar-refractivity contribution in [1.82, 2.24) is 0 Å². The van der Waals surface area contributed by atoms with E-state index >= 15 is 0 Å². The molecule has 0 radical (unpaired) electrons. The molecule has 0 aliphatic rings. The largest absolute Gasteiger partial charge is 0.361 e. The summed E-state index contributed by atoms with van der Waals surface area (Å²) in [5, 5.41) is 0.667. The van der Waals surface area contributed by atoms with Gasteiger partial charge >= 0.3 is 7.60 Å². The summed E-state index contributed by atoms with van der Waals surface area (Å²) < 4.78 is 23.4. The molecule has 0 saturated heterocycles. The average Bonchev–Trinajstić information content (AvgIpc) is 2.38. The van der Waals surface area contributed by atoms with Gasteiger partial charge in [-0.1, -0.05) is 19.9 Å².